The first-order valence-corrected chi connectivity index (χ1v) is 9.60. The average Bonchev–Trinajstić information content (AvgIpc) is 2.62. The van der Waals surface area contributed by atoms with Crippen molar-refractivity contribution in [2.45, 2.75) is 30.6 Å². The number of amides is 1. The first-order chi connectivity index (χ1) is 12.0. The van der Waals surface area contributed by atoms with E-state index in [2.05, 4.69) is 10.0 Å². The summed E-state index contributed by atoms with van der Waals surface area (Å²) in [6, 6.07) is 10.8. The second-order valence-corrected chi connectivity index (χ2v) is 7.76. The second-order valence-electron chi connectivity index (χ2n) is 5.99. The lowest BCUT2D eigenvalue weighted by molar-refractivity contribution is -0.115. The molecule has 7 heteroatoms. The minimum atomic E-state index is -3.80. The van der Waals surface area contributed by atoms with Crippen LogP contribution in [0, 0.1) is 5.82 Å². The normalized spacial score (nSPS) is 14.0. The van der Waals surface area contributed by atoms with Gasteiger partial charge < -0.3 is 5.32 Å². The number of anilines is 1. The van der Waals surface area contributed by atoms with E-state index in [4.69, 9.17) is 0 Å². The van der Waals surface area contributed by atoms with Crippen LogP contribution in [-0.4, -0.2) is 20.9 Å². The first-order valence-electron chi connectivity index (χ1n) is 8.11. The molecular formula is C18H19FN2O3S. The Morgan fingerprint density at radius 2 is 1.76 bits per heavy atom. The Labute approximate surface area is 146 Å². The monoisotopic (exact) mass is 362 g/mol. The first kappa shape index (κ1) is 17.6. The number of para-hydroxylation sites is 1. The van der Waals surface area contributed by atoms with Gasteiger partial charge in [-0.2, -0.15) is 0 Å². The third kappa shape index (κ3) is 4.24. The number of carbonyl (C=O) groups is 1. The SMILES string of the molecule is O=C(CNS(=O)(=O)c1ccc2c(c1)CCCC2)Nc1ccccc1F. The van der Waals surface area contributed by atoms with Gasteiger partial charge in [0.25, 0.3) is 0 Å². The molecule has 0 unspecified atom stereocenters. The minimum absolute atomic E-state index is 0.0143. The highest BCUT2D eigenvalue weighted by atomic mass is 32.2. The lowest BCUT2D eigenvalue weighted by atomic mass is 9.92. The highest BCUT2D eigenvalue weighted by Crippen LogP contribution is 2.24. The third-order valence-corrected chi connectivity index (χ3v) is 5.60. The van der Waals surface area contributed by atoms with Crippen molar-refractivity contribution in [1.29, 1.82) is 0 Å². The second kappa shape index (κ2) is 7.33. The van der Waals surface area contributed by atoms with E-state index in [0.29, 0.717) is 0 Å². The van der Waals surface area contributed by atoms with Gasteiger partial charge in [0.15, 0.2) is 0 Å². The molecule has 0 aromatic heterocycles. The predicted octanol–water partition coefficient (Wildman–Crippen LogP) is 2.62. The number of hydrogen-bond donors (Lipinski definition) is 2. The van der Waals surface area contributed by atoms with E-state index < -0.39 is 28.3 Å². The molecule has 0 aliphatic heterocycles. The smallest absolute Gasteiger partial charge is 0.241 e. The van der Waals surface area contributed by atoms with Crippen LogP contribution in [0.5, 0.6) is 0 Å². The maximum absolute atomic E-state index is 13.5. The molecule has 2 aromatic carbocycles. The molecule has 2 aromatic rings. The molecule has 1 aliphatic rings. The number of rotatable bonds is 5. The van der Waals surface area contributed by atoms with Crippen molar-refractivity contribution in [3.8, 4) is 0 Å². The van der Waals surface area contributed by atoms with E-state index in [1.807, 2.05) is 6.07 Å². The van der Waals surface area contributed by atoms with Gasteiger partial charge in [-0.15, -0.1) is 0 Å². The van der Waals surface area contributed by atoms with Gasteiger partial charge in [0, 0.05) is 0 Å². The fourth-order valence-corrected chi connectivity index (χ4v) is 3.91. The maximum atomic E-state index is 13.5. The summed E-state index contributed by atoms with van der Waals surface area (Å²) in [7, 11) is -3.80. The van der Waals surface area contributed by atoms with Crippen molar-refractivity contribution in [3.05, 3.63) is 59.4 Å². The van der Waals surface area contributed by atoms with Gasteiger partial charge in [-0.25, -0.2) is 17.5 Å². The van der Waals surface area contributed by atoms with Crippen LogP contribution in [0.15, 0.2) is 47.4 Å². The predicted molar refractivity (Wildman–Crippen MR) is 93.3 cm³/mol. The lowest BCUT2D eigenvalue weighted by Gasteiger charge is -2.16. The molecule has 1 aliphatic carbocycles. The molecule has 0 radical (unpaired) electrons. The molecule has 5 nitrogen and oxygen atoms in total. The average molecular weight is 362 g/mol. The van der Waals surface area contributed by atoms with Gasteiger partial charge in [-0.05, 0) is 61.1 Å². The van der Waals surface area contributed by atoms with Gasteiger partial charge in [0.1, 0.15) is 5.82 Å². The van der Waals surface area contributed by atoms with Crippen LogP contribution in [0.25, 0.3) is 0 Å². The molecule has 0 saturated heterocycles. The van der Waals surface area contributed by atoms with Gasteiger partial charge >= 0.3 is 0 Å². The topological polar surface area (TPSA) is 75.3 Å². The van der Waals surface area contributed by atoms with Crippen molar-refractivity contribution < 1.29 is 17.6 Å². The number of sulfonamides is 1. The molecule has 0 fully saturated rings. The highest BCUT2D eigenvalue weighted by molar-refractivity contribution is 7.89. The van der Waals surface area contributed by atoms with Crippen molar-refractivity contribution in [2.24, 2.45) is 0 Å². The Morgan fingerprint density at radius 1 is 1.04 bits per heavy atom. The zero-order chi connectivity index (χ0) is 17.9. The van der Waals surface area contributed by atoms with Crippen molar-refractivity contribution >= 4 is 21.6 Å². The summed E-state index contributed by atoms with van der Waals surface area (Å²) in [5.74, 6) is -1.21. The summed E-state index contributed by atoms with van der Waals surface area (Å²) in [5, 5.41) is 2.34. The summed E-state index contributed by atoms with van der Waals surface area (Å²) in [6.07, 6.45) is 4.00. The molecule has 0 atom stereocenters. The van der Waals surface area contributed by atoms with Gasteiger partial charge in [0.2, 0.25) is 15.9 Å². The van der Waals surface area contributed by atoms with Gasteiger partial charge in [0.05, 0.1) is 17.1 Å². The molecular weight excluding hydrogens is 343 g/mol. The fourth-order valence-electron chi connectivity index (χ4n) is 2.88. The summed E-state index contributed by atoms with van der Waals surface area (Å²) in [4.78, 5) is 12.0. The number of halogens is 1. The van der Waals surface area contributed by atoms with E-state index in [0.717, 1.165) is 31.2 Å². The molecule has 2 N–H and O–H groups in total. The molecule has 0 heterocycles. The highest BCUT2D eigenvalue weighted by Gasteiger charge is 2.19. The largest absolute Gasteiger partial charge is 0.322 e. The number of carbonyl (C=O) groups excluding carboxylic acids is 1. The van der Waals surface area contributed by atoms with Crippen LogP contribution in [0.1, 0.15) is 24.0 Å². The van der Waals surface area contributed by atoms with Crippen molar-refractivity contribution in [1.82, 2.24) is 4.72 Å². The number of nitrogens with one attached hydrogen (secondary N) is 2. The lowest BCUT2D eigenvalue weighted by Crippen LogP contribution is -2.33. The van der Waals surface area contributed by atoms with Crippen LogP contribution in [0.4, 0.5) is 10.1 Å². The number of fused-ring (bicyclic) bond motifs is 1. The fraction of sp³-hybridized carbons (Fsp3) is 0.278. The van der Waals surface area contributed by atoms with Crippen LogP contribution in [0.2, 0.25) is 0 Å². The third-order valence-electron chi connectivity index (χ3n) is 4.20. The van der Waals surface area contributed by atoms with Crippen LogP contribution in [-0.2, 0) is 27.7 Å². The summed E-state index contributed by atoms with van der Waals surface area (Å²) >= 11 is 0. The molecule has 1 amide bonds. The molecule has 0 bridgehead atoms. The Morgan fingerprint density at radius 3 is 2.52 bits per heavy atom. The standard InChI is InChI=1S/C18H19FN2O3S/c19-16-7-3-4-8-17(16)21-18(22)12-20-25(23,24)15-10-9-13-5-1-2-6-14(13)11-15/h3-4,7-11,20H,1-2,5-6,12H2,(H,21,22). The molecule has 25 heavy (non-hydrogen) atoms. The van der Waals surface area contributed by atoms with Crippen molar-refractivity contribution in [2.75, 3.05) is 11.9 Å². The summed E-state index contributed by atoms with van der Waals surface area (Å²) in [6.45, 7) is -0.465. The van der Waals surface area contributed by atoms with Gasteiger partial charge in [-0.3, -0.25) is 4.79 Å². The van der Waals surface area contributed by atoms with Crippen LogP contribution in [0.3, 0.4) is 0 Å². The number of hydrogen-bond acceptors (Lipinski definition) is 3. The number of aryl methyl sites for hydroxylation is 2. The van der Waals surface area contributed by atoms with E-state index in [1.165, 1.54) is 23.8 Å². The molecule has 3 rings (SSSR count). The van der Waals surface area contributed by atoms with E-state index in [-0.39, 0.29) is 10.6 Å². The Hall–Kier alpha value is -2.25. The molecule has 132 valence electrons. The van der Waals surface area contributed by atoms with E-state index >= 15 is 0 Å². The summed E-state index contributed by atoms with van der Waals surface area (Å²) in [5.41, 5.74) is 2.24. The molecule has 0 spiro atoms. The quantitative estimate of drug-likeness (QED) is 0.859. The van der Waals surface area contributed by atoms with Crippen LogP contribution >= 0.6 is 0 Å². The van der Waals surface area contributed by atoms with Crippen LogP contribution < -0.4 is 10.0 Å². The van der Waals surface area contributed by atoms with E-state index in [9.17, 15) is 17.6 Å². The van der Waals surface area contributed by atoms with Gasteiger partial charge in [-0.1, -0.05) is 18.2 Å². The Balaban J connectivity index is 1.65. The van der Waals surface area contributed by atoms with Crippen molar-refractivity contribution in [3.63, 3.8) is 0 Å². The zero-order valence-electron chi connectivity index (χ0n) is 13.6. The minimum Gasteiger partial charge on any atom is -0.322 e. The number of benzene rings is 2. The Bertz CT molecular complexity index is 897. The molecule has 0 saturated carbocycles. The maximum Gasteiger partial charge on any atom is 0.241 e. The zero-order valence-corrected chi connectivity index (χ0v) is 14.4. The summed E-state index contributed by atoms with van der Waals surface area (Å²) < 4.78 is 40.5. The Kier molecular flexibility index (Phi) is 5.15. The van der Waals surface area contributed by atoms with E-state index in [1.54, 1.807) is 18.2 Å².